The number of nitrogens with one attached hydrogen (secondary N) is 1. The van der Waals surface area contributed by atoms with Gasteiger partial charge in [-0.3, -0.25) is 4.98 Å². The third-order valence-electron chi connectivity index (χ3n) is 2.72. The fraction of sp³-hybridized carbons (Fsp3) is 0.267. The first-order valence-electron chi connectivity index (χ1n) is 5.96. The summed E-state index contributed by atoms with van der Waals surface area (Å²) in [7, 11) is 0. The molecule has 0 radical (unpaired) electrons. The van der Waals surface area contributed by atoms with Gasteiger partial charge in [0.15, 0.2) is 0 Å². The van der Waals surface area contributed by atoms with Crippen LogP contribution in [0.2, 0.25) is 0 Å². The summed E-state index contributed by atoms with van der Waals surface area (Å²) in [6, 6.07) is 12.7. The summed E-state index contributed by atoms with van der Waals surface area (Å²) >= 11 is 0. The minimum Gasteiger partial charge on any atom is -0.385 e. The van der Waals surface area contributed by atoms with Crippen LogP contribution in [0, 0.1) is 13.8 Å². The highest BCUT2D eigenvalue weighted by Crippen LogP contribution is 2.08. The van der Waals surface area contributed by atoms with E-state index in [0.717, 1.165) is 24.3 Å². The number of aryl methyl sites for hydroxylation is 2. The lowest BCUT2D eigenvalue weighted by molar-refractivity contribution is 1.01. The second-order valence-electron chi connectivity index (χ2n) is 4.35. The first kappa shape index (κ1) is 11.6. The SMILES string of the molecule is Cc1cccc(CCNc2ccnc(C)c2)c1. The van der Waals surface area contributed by atoms with Crippen LogP contribution in [0.1, 0.15) is 16.8 Å². The lowest BCUT2D eigenvalue weighted by atomic mass is 10.1. The molecular weight excluding hydrogens is 208 g/mol. The maximum atomic E-state index is 4.18. The van der Waals surface area contributed by atoms with Crippen LogP contribution in [-0.4, -0.2) is 11.5 Å². The highest BCUT2D eigenvalue weighted by Gasteiger charge is 1.95. The normalized spacial score (nSPS) is 10.2. The van der Waals surface area contributed by atoms with E-state index >= 15 is 0 Å². The van der Waals surface area contributed by atoms with Gasteiger partial charge in [-0.1, -0.05) is 29.8 Å². The molecule has 0 spiro atoms. The predicted molar refractivity (Wildman–Crippen MR) is 72.3 cm³/mol. The fourth-order valence-corrected chi connectivity index (χ4v) is 1.87. The van der Waals surface area contributed by atoms with Crippen molar-refractivity contribution in [2.45, 2.75) is 20.3 Å². The van der Waals surface area contributed by atoms with Crippen molar-refractivity contribution in [3.63, 3.8) is 0 Å². The molecule has 1 aromatic heterocycles. The van der Waals surface area contributed by atoms with Crippen molar-refractivity contribution in [2.75, 3.05) is 11.9 Å². The summed E-state index contributed by atoms with van der Waals surface area (Å²) in [5.74, 6) is 0. The monoisotopic (exact) mass is 226 g/mol. The van der Waals surface area contributed by atoms with Gasteiger partial charge in [0.1, 0.15) is 0 Å². The van der Waals surface area contributed by atoms with Crippen LogP contribution in [0.3, 0.4) is 0 Å². The summed E-state index contributed by atoms with van der Waals surface area (Å²) in [6.45, 7) is 5.09. The molecule has 88 valence electrons. The summed E-state index contributed by atoms with van der Waals surface area (Å²) in [5, 5.41) is 3.41. The van der Waals surface area contributed by atoms with Gasteiger partial charge in [0.2, 0.25) is 0 Å². The molecule has 0 aliphatic rings. The van der Waals surface area contributed by atoms with Crippen LogP contribution in [0.4, 0.5) is 5.69 Å². The van der Waals surface area contributed by atoms with Crippen LogP contribution in [-0.2, 0) is 6.42 Å². The quantitative estimate of drug-likeness (QED) is 0.864. The number of nitrogens with zero attached hydrogens (tertiary/aromatic N) is 1. The van der Waals surface area contributed by atoms with Gasteiger partial charge in [-0.15, -0.1) is 0 Å². The van der Waals surface area contributed by atoms with Crippen molar-refractivity contribution in [3.8, 4) is 0 Å². The molecule has 0 bridgehead atoms. The van der Waals surface area contributed by atoms with E-state index in [1.807, 2.05) is 19.2 Å². The van der Waals surface area contributed by atoms with E-state index in [2.05, 4.69) is 47.6 Å². The van der Waals surface area contributed by atoms with E-state index in [9.17, 15) is 0 Å². The van der Waals surface area contributed by atoms with Crippen LogP contribution in [0.15, 0.2) is 42.6 Å². The molecule has 2 rings (SSSR count). The largest absolute Gasteiger partial charge is 0.385 e. The molecule has 1 N–H and O–H groups in total. The number of aromatic nitrogens is 1. The molecule has 0 saturated heterocycles. The van der Waals surface area contributed by atoms with Crippen LogP contribution < -0.4 is 5.32 Å². The van der Waals surface area contributed by atoms with Crippen LogP contribution >= 0.6 is 0 Å². The summed E-state index contributed by atoms with van der Waals surface area (Å²) in [4.78, 5) is 4.18. The number of hydrogen-bond acceptors (Lipinski definition) is 2. The minimum absolute atomic E-state index is 0.951. The average Bonchev–Trinajstić information content (AvgIpc) is 2.29. The van der Waals surface area contributed by atoms with Gasteiger partial charge in [-0.25, -0.2) is 0 Å². The van der Waals surface area contributed by atoms with Crippen molar-refractivity contribution in [1.29, 1.82) is 0 Å². The second-order valence-corrected chi connectivity index (χ2v) is 4.35. The average molecular weight is 226 g/mol. The number of hydrogen-bond donors (Lipinski definition) is 1. The Kier molecular flexibility index (Phi) is 3.76. The van der Waals surface area contributed by atoms with Gasteiger partial charge in [0, 0.05) is 24.1 Å². The Balaban J connectivity index is 1.87. The van der Waals surface area contributed by atoms with Crippen molar-refractivity contribution in [1.82, 2.24) is 4.98 Å². The molecular formula is C15H18N2. The first-order valence-corrected chi connectivity index (χ1v) is 5.96. The number of rotatable bonds is 4. The predicted octanol–water partition coefficient (Wildman–Crippen LogP) is 3.35. The summed E-state index contributed by atoms with van der Waals surface area (Å²) in [5.41, 5.74) is 4.89. The van der Waals surface area contributed by atoms with E-state index in [0.29, 0.717) is 0 Å². The third-order valence-corrected chi connectivity index (χ3v) is 2.72. The van der Waals surface area contributed by atoms with E-state index in [1.54, 1.807) is 0 Å². The Bertz CT molecular complexity index is 446. The maximum absolute atomic E-state index is 4.18. The zero-order chi connectivity index (χ0) is 12.1. The summed E-state index contributed by atoms with van der Waals surface area (Å²) < 4.78 is 0. The molecule has 0 unspecified atom stereocenters. The van der Waals surface area contributed by atoms with Crippen LogP contribution in [0.25, 0.3) is 0 Å². The van der Waals surface area contributed by atoms with E-state index in [-0.39, 0.29) is 0 Å². The van der Waals surface area contributed by atoms with Gasteiger partial charge in [-0.2, -0.15) is 0 Å². The van der Waals surface area contributed by atoms with Gasteiger partial charge in [-0.05, 0) is 38.0 Å². The molecule has 0 aliphatic carbocycles. The smallest absolute Gasteiger partial charge is 0.0393 e. The molecule has 0 amide bonds. The Morgan fingerprint density at radius 3 is 2.76 bits per heavy atom. The van der Waals surface area contributed by atoms with Gasteiger partial charge in [0.05, 0.1) is 0 Å². The fourth-order valence-electron chi connectivity index (χ4n) is 1.87. The van der Waals surface area contributed by atoms with Gasteiger partial charge < -0.3 is 5.32 Å². The molecule has 17 heavy (non-hydrogen) atoms. The van der Waals surface area contributed by atoms with Crippen molar-refractivity contribution < 1.29 is 0 Å². The maximum Gasteiger partial charge on any atom is 0.0393 e. The third kappa shape index (κ3) is 3.59. The molecule has 0 fully saturated rings. The Hall–Kier alpha value is -1.83. The van der Waals surface area contributed by atoms with E-state index in [1.165, 1.54) is 11.1 Å². The number of benzene rings is 1. The lowest BCUT2D eigenvalue weighted by Gasteiger charge is -2.07. The van der Waals surface area contributed by atoms with Gasteiger partial charge in [0.25, 0.3) is 0 Å². The van der Waals surface area contributed by atoms with E-state index < -0.39 is 0 Å². The van der Waals surface area contributed by atoms with Crippen molar-refractivity contribution in [2.24, 2.45) is 0 Å². The molecule has 2 aromatic rings. The van der Waals surface area contributed by atoms with E-state index in [4.69, 9.17) is 0 Å². The molecule has 2 nitrogen and oxygen atoms in total. The summed E-state index contributed by atoms with van der Waals surface area (Å²) in [6.07, 6.45) is 2.88. The van der Waals surface area contributed by atoms with Crippen molar-refractivity contribution in [3.05, 3.63) is 59.4 Å². The zero-order valence-corrected chi connectivity index (χ0v) is 10.4. The number of pyridine rings is 1. The van der Waals surface area contributed by atoms with Gasteiger partial charge >= 0.3 is 0 Å². The molecule has 1 aromatic carbocycles. The lowest BCUT2D eigenvalue weighted by Crippen LogP contribution is -2.05. The first-order chi connectivity index (χ1) is 8.24. The van der Waals surface area contributed by atoms with Crippen LogP contribution in [0.5, 0.6) is 0 Å². The second kappa shape index (κ2) is 5.48. The Morgan fingerprint density at radius 2 is 2.00 bits per heavy atom. The number of anilines is 1. The Labute approximate surface area is 103 Å². The zero-order valence-electron chi connectivity index (χ0n) is 10.4. The molecule has 0 aliphatic heterocycles. The van der Waals surface area contributed by atoms with Crippen molar-refractivity contribution >= 4 is 5.69 Å². The highest BCUT2D eigenvalue weighted by atomic mass is 14.9. The Morgan fingerprint density at radius 1 is 1.12 bits per heavy atom. The molecule has 2 heteroatoms. The highest BCUT2D eigenvalue weighted by molar-refractivity contribution is 5.43. The topological polar surface area (TPSA) is 24.9 Å². The minimum atomic E-state index is 0.951. The molecule has 1 heterocycles. The standard InChI is InChI=1S/C15H18N2/c1-12-4-3-5-14(10-12)6-8-17-15-7-9-16-13(2)11-15/h3-5,7,9-11H,6,8H2,1-2H3,(H,16,17). The molecule has 0 atom stereocenters. The molecule has 0 saturated carbocycles.